The number of hydrogen-bond acceptors (Lipinski definition) is 4. The van der Waals surface area contributed by atoms with Crippen molar-refractivity contribution in [3.63, 3.8) is 0 Å². The van der Waals surface area contributed by atoms with E-state index in [9.17, 15) is 14.5 Å². The molecule has 0 spiro atoms. The molecule has 0 heterocycles. The molecule has 6 heteroatoms. The summed E-state index contributed by atoms with van der Waals surface area (Å²) in [6.45, 7) is 0.425. The number of nitro benzene ring substituents is 1. The second-order valence-corrected chi connectivity index (χ2v) is 2.68. The predicted molar refractivity (Wildman–Crippen MR) is 50.4 cm³/mol. The van der Waals surface area contributed by atoms with Crippen LogP contribution in [0, 0.1) is 15.9 Å². The molecule has 0 bridgehead atoms. The van der Waals surface area contributed by atoms with Crippen LogP contribution in [-0.4, -0.2) is 25.2 Å². The third-order valence-corrected chi connectivity index (χ3v) is 1.68. The highest BCUT2D eigenvalue weighted by molar-refractivity contribution is 5.47. The lowest BCUT2D eigenvalue weighted by Gasteiger charge is -2.05. The van der Waals surface area contributed by atoms with Crippen molar-refractivity contribution in [2.75, 3.05) is 20.3 Å². The van der Waals surface area contributed by atoms with Crippen LogP contribution in [0.3, 0.4) is 0 Å². The van der Waals surface area contributed by atoms with Crippen molar-refractivity contribution in [1.82, 2.24) is 0 Å². The van der Waals surface area contributed by atoms with Gasteiger partial charge in [-0.3, -0.25) is 10.1 Å². The number of para-hydroxylation sites is 1. The summed E-state index contributed by atoms with van der Waals surface area (Å²) < 4.78 is 22.8. The SMILES string of the molecule is COCCOc1cccc(F)c1[N+](=O)[O-]. The summed E-state index contributed by atoms with van der Waals surface area (Å²) in [6, 6.07) is 3.71. The van der Waals surface area contributed by atoms with Crippen molar-refractivity contribution in [2.45, 2.75) is 0 Å². The van der Waals surface area contributed by atoms with Gasteiger partial charge in [-0.2, -0.15) is 4.39 Å². The summed E-state index contributed by atoms with van der Waals surface area (Å²) >= 11 is 0. The number of halogens is 1. The molecule has 1 rings (SSSR count). The Hall–Kier alpha value is -1.69. The third kappa shape index (κ3) is 2.88. The quantitative estimate of drug-likeness (QED) is 0.426. The summed E-state index contributed by atoms with van der Waals surface area (Å²) in [5.41, 5.74) is -0.645. The molecule has 1 aromatic carbocycles. The number of nitrogens with zero attached hydrogens (tertiary/aromatic N) is 1. The molecular formula is C9H10FNO4. The molecule has 0 amide bonds. The molecule has 0 saturated carbocycles. The van der Waals surface area contributed by atoms with E-state index in [1.165, 1.54) is 19.2 Å². The Morgan fingerprint density at radius 1 is 1.47 bits per heavy atom. The molecule has 0 N–H and O–H groups in total. The van der Waals surface area contributed by atoms with Gasteiger partial charge in [0.05, 0.1) is 11.5 Å². The van der Waals surface area contributed by atoms with Gasteiger partial charge in [0.1, 0.15) is 6.61 Å². The van der Waals surface area contributed by atoms with Crippen LogP contribution in [0.4, 0.5) is 10.1 Å². The van der Waals surface area contributed by atoms with Crippen LogP contribution >= 0.6 is 0 Å². The van der Waals surface area contributed by atoms with E-state index in [1.54, 1.807) is 0 Å². The first kappa shape index (κ1) is 11.4. The molecule has 0 unspecified atom stereocenters. The van der Waals surface area contributed by atoms with Crippen molar-refractivity contribution in [2.24, 2.45) is 0 Å². The molecule has 0 fully saturated rings. The highest BCUT2D eigenvalue weighted by atomic mass is 19.1. The lowest BCUT2D eigenvalue weighted by molar-refractivity contribution is -0.388. The zero-order valence-electron chi connectivity index (χ0n) is 8.10. The first-order valence-electron chi connectivity index (χ1n) is 4.21. The van der Waals surface area contributed by atoms with Gasteiger partial charge in [0, 0.05) is 7.11 Å². The van der Waals surface area contributed by atoms with Crippen molar-refractivity contribution in [3.05, 3.63) is 34.1 Å². The van der Waals surface area contributed by atoms with Gasteiger partial charge >= 0.3 is 5.69 Å². The highest BCUT2D eigenvalue weighted by Crippen LogP contribution is 2.29. The van der Waals surface area contributed by atoms with Crippen LogP contribution in [0.5, 0.6) is 5.75 Å². The van der Waals surface area contributed by atoms with Crippen molar-refractivity contribution < 1.29 is 18.8 Å². The van der Waals surface area contributed by atoms with Gasteiger partial charge in [0.2, 0.25) is 5.82 Å². The van der Waals surface area contributed by atoms with E-state index in [0.29, 0.717) is 0 Å². The zero-order valence-corrected chi connectivity index (χ0v) is 8.10. The summed E-state index contributed by atoms with van der Waals surface area (Å²) in [4.78, 5) is 9.72. The summed E-state index contributed by atoms with van der Waals surface area (Å²) in [6.07, 6.45) is 0. The van der Waals surface area contributed by atoms with Gasteiger partial charge in [-0.25, -0.2) is 0 Å². The molecule has 0 aliphatic carbocycles. The monoisotopic (exact) mass is 215 g/mol. The van der Waals surface area contributed by atoms with E-state index in [1.807, 2.05) is 0 Å². The predicted octanol–water partition coefficient (Wildman–Crippen LogP) is 1.76. The van der Waals surface area contributed by atoms with Gasteiger partial charge in [-0.1, -0.05) is 6.07 Å². The zero-order chi connectivity index (χ0) is 11.3. The van der Waals surface area contributed by atoms with Crippen LogP contribution in [0.2, 0.25) is 0 Å². The topological polar surface area (TPSA) is 61.6 Å². The highest BCUT2D eigenvalue weighted by Gasteiger charge is 2.20. The van der Waals surface area contributed by atoms with Gasteiger partial charge in [0.25, 0.3) is 0 Å². The molecule has 0 aromatic heterocycles. The number of hydrogen-bond donors (Lipinski definition) is 0. The van der Waals surface area contributed by atoms with Crippen LogP contribution in [0.15, 0.2) is 18.2 Å². The van der Waals surface area contributed by atoms with Gasteiger partial charge in [0.15, 0.2) is 5.75 Å². The average Bonchev–Trinajstić information content (AvgIpc) is 2.17. The minimum Gasteiger partial charge on any atom is -0.484 e. The number of methoxy groups -OCH3 is 1. The van der Waals surface area contributed by atoms with E-state index >= 15 is 0 Å². The smallest absolute Gasteiger partial charge is 0.346 e. The maximum atomic E-state index is 13.1. The van der Waals surface area contributed by atoms with Gasteiger partial charge in [-0.15, -0.1) is 0 Å². The lowest BCUT2D eigenvalue weighted by atomic mass is 10.3. The van der Waals surface area contributed by atoms with Crippen LogP contribution < -0.4 is 4.74 Å². The number of ether oxygens (including phenoxy) is 2. The molecule has 5 nitrogen and oxygen atoms in total. The van der Waals surface area contributed by atoms with E-state index in [4.69, 9.17) is 9.47 Å². The normalized spacial score (nSPS) is 10.0. The number of benzene rings is 1. The van der Waals surface area contributed by atoms with E-state index in [2.05, 4.69) is 0 Å². The Balaban J connectivity index is 2.86. The first-order valence-corrected chi connectivity index (χ1v) is 4.21. The first-order chi connectivity index (χ1) is 7.16. The maximum Gasteiger partial charge on any atom is 0.346 e. The Morgan fingerprint density at radius 2 is 2.20 bits per heavy atom. The molecule has 15 heavy (non-hydrogen) atoms. The largest absolute Gasteiger partial charge is 0.484 e. The molecule has 82 valence electrons. The molecule has 0 saturated heterocycles. The van der Waals surface area contributed by atoms with E-state index < -0.39 is 16.4 Å². The minimum atomic E-state index is -0.907. The third-order valence-electron chi connectivity index (χ3n) is 1.68. The summed E-state index contributed by atoms with van der Waals surface area (Å²) in [5.74, 6) is -0.994. The Labute approximate surface area is 85.6 Å². The van der Waals surface area contributed by atoms with Crippen molar-refractivity contribution >= 4 is 5.69 Å². The minimum absolute atomic E-state index is 0.0861. The summed E-state index contributed by atoms with van der Waals surface area (Å²) in [5, 5.41) is 10.5. The molecular weight excluding hydrogens is 205 g/mol. The van der Waals surface area contributed by atoms with Gasteiger partial charge < -0.3 is 9.47 Å². The fourth-order valence-electron chi connectivity index (χ4n) is 1.02. The summed E-state index contributed by atoms with van der Waals surface area (Å²) in [7, 11) is 1.48. The fraction of sp³-hybridized carbons (Fsp3) is 0.333. The van der Waals surface area contributed by atoms with E-state index in [-0.39, 0.29) is 19.0 Å². The van der Waals surface area contributed by atoms with Crippen LogP contribution in [0.1, 0.15) is 0 Å². The fourth-order valence-corrected chi connectivity index (χ4v) is 1.02. The van der Waals surface area contributed by atoms with Crippen molar-refractivity contribution in [3.8, 4) is 5.75 Å². The maximum absolute atomic E-state index is 13.1. The lowest BCUT2D eigenvalue weighted by Crippen LogP contribution is -2.06. The van der Waals surface area contributed by atoms with Crippen LogP contribution in [-0.2, 0) is 4.74 Å². The number of rotatable bonds is 5. The second-order valence-electron chi connectivity index (χ2n) is 2.68. The molecule has 0 radical (unpaired) electrons. The van der Waals surface area contributed by atoms with Crippen LogP contribution in [0.25, 0.3) is 0 Å². The Bertz CT molecular complexity index is 356. The Morgan fingerprint density at radius 3 is 2.80 bits per heavy atom. The number of nitro groups is 1. The average molecular weight is 215 g/mol. The van der Waals surface area contributed by atoms with Gasteiger partial charge in [-0.05, 0) is 12.1 Å². The molecule has 1 aromatic rings. The molecule has 0 aliphatic heterocycles. The standard InChI is InChI=1S/C9H10FNO4/c1-14-5-6-15-8-4-2-3-7(10)9(8)11(12)13/h2-4H,5-6H2,1H3. The Kier molecular flexibility index (Phi) is 3.99. The molecule has 0 atom stereocenters. The van der Waals surface area contributed by atoms with E-state index in [0.717, 1.165) is 6.07 Å². The molecule has 0 aliphatic rings. The van der Waals surface area contributed by atoms with Crippen molar-refractivity contribution in [1.29, 1.82) is 0 Å². The second kappa shape index (κ2) is 5.26.